The highest BCUT2D eigenvalue weighted by Crippen LogP contribution is 2.31. The average molecular weight is 398 g/mol. The first-order chi connectivity index (χ1) is 14.0. The van der Waals surface area contributed by atoms with Gasteiger partial charge in [-0.2, -0.15) is 15.3 Å². The molecule has 2 aromatic rings. The van der Waals surface area contributed by atoms with Crippen LogP contribution in [0, 0.1) is 23.0 Å². The number of halogens is 2. The first kappa shape index (κ1) is 18.7. The number of rotatable bonds is 3. The molecule has 0 radical (unpaired) electrons. The van der Waals surface area contributed by atoms with Gasteiger partial charge in [0, 0.05) is 43.9 Å². The van der Waals surface area contributed by atoms with Crippen LogP contribution in [0.25, 0.3) is 0 Å². The number of aromatic nitrogens is 2. The molecule has 2 aliphatic heterocycles. The van der Waals surface area contributed by atoms with Crippen LogP contribution in [0.3, 0.4) is 0 Å². The largest absolute Gasteiger partial charge is 0.472 e. The lowest BCUT2D eigenvalue weighted by molar-refractivity contribution is 0.141. The maximum atomic E-state index is 13.6. The summed E-state index contributed by atoms with van der Waals surface area (Å²) in [5.74, 6) is -1.13. The number of benzene rings is 1. The number of hydrogen-bond donors (Lipinski definition) is 0. The van der Waals surface area contributed by atoms with E-state index in [-0.39, 0.29) is 23.8 Å². The minimum absolute atomic E-state index is 0.00463. The van der Waals surface area contributed by atoms with Crippen molar-refractivity contribution in [1.29, 1.82) is 5.26 Å². The van der Waals surface area contributed by atoms with E-state index in [1.807, 2.05) is 6.07 Å². The predicted octanol–water partition coefficient (Wildman–Crippen LogP) is 2.63. The first-order valence-electron chi connectivity index (χ1n) is 9.00. The van der Waals surface area contributed by atoms with Crippen LogP contribution < -0.4 is 4.74 Å². The van der Waals surface area contributed by atoms with E-state index in [4.69, 9.17) is 10.00 Å². The molecule has 10 heteroatoms. The highest BCUT2D eigenvalue weighted by atomic mass is 19.1. The van der Waals surface area contributed by atoms with Gasteiger partial charge in [0.1, 0.15) is 23.8 Å². The zero-order chi connectivity index (χ0) is 20.4. The number of urea groups is 1. The van der Waals surface area contributed by atoms with E-state index in [1.165, 1.54) is 23.3 Å². The van der Waals surface area contributed by atoms with Crippen molar-refractivity contribution in [2.45, 2.75) is 25.0 Å². The summed E-state index contributed by atoms with van der Waals surface area (Å²) in [6.07, 6.45) is 3.64. The van der Waals surface area contributed by atoms with Crippen LogP contribution in [0.15, 0.2) is 35.6 Å². The molecule has 1 aromatic heterocycles. The molecule has 0 N–H and O–H groups in total. The fourth-order valence-corrected chi connectivity index (χ4v) is 3.42. The third kappa shape index (κ3) is 3.99. The molecule has 0 saturated carbocycles. The van der Waals surface area contributed by atoms with Gasteiger partial charge in [-0.05, 0) is 17.7 Å². The van der Waals surface area contributed by atoms with Crippen molar-refractivity contribution in [3.8, 4) is 11.9 Å². The lowest BCUT2D eigenvalue weighted by Crippen LogP contribution is -2.40. The average Bonchev–Trinajstić information content (AvgIpc) is 3.36. The fourth-order valence-electron chi connectivity index (χ4n) is 3.42. The van der Waals surface area contributed by atoms with E-state index in [1.54, 1.807) is 17.2 Å². The van der Waals surface area contributed by atoms with Crippen LogP contribution in [-0.2, 0) is 0 Å². The minimum Gasteiger partial charge on any atom is -0.472 e. The SMILES string of the molecule is N#Cc1nccc(O[C@@H]2CCN(C(=O)N3N=CC[C@H]3c3cc(F)cc(F)c3)C2)n1. The first-order valence-corrected chi connectivity index (χ1v) is 9.00. The number of carbonyl (C=O) groups is 1. The molecule has 0 spiro atoms. The Morgan fingerprint density at radius 1 is 1.28 bits per heavy atom. The molecule has 0 aliphatic carbocycles. The number of carbonyl (C=O) groups excluding carboxylic acids is 1. The Kier molecular flexibility index (Phi) is 5.03. The summed E-state index contributed by atoms with van der Waals surface area (Å²) in [4.78, 5) is 22.2. The van der Waals surface area contributed by atoms with Gasteiger partial charge in [-0.25, -0.2) is 23.6 Å². The maximum absolute atomic E-state index is 13.6. The Morgan fingerprint density at radius 2 is 2.07 bits per heavy atom. The number of ether oxygens (including phenoxy) is 1. The number of amides is 2. The summed E-state index contributed by atoms with van der Waals surface area (Å²) < 4.78 is 32.9. The van der Waals surface area contributed by atoms with Crippen molar-refractivity contribution in [2.75, 3.05) is 13.1 Å². The Bertz CT molecular complexity index is 988. The van der Waals surface area contributed by atoms with Gasteiger partial charge in [0.15, 0.2) is 0 Å². The second kappa shape index (κ2) is 7.79. The lowest BCUT2D eigenvalue weighted by atomic mass is 10.0. The predicted molar refractivity (Wildman–Crippen MR) is 96.8 cm³/mol. The zero-order valence-corrected chi connectivity index (χ0v) is 15.2. The Balaban J connectivity index is 1.43. The molecular weight excluding hydrogens is 382 g/mol. The van der Waals surface area contributed by atoms with Gasteiger partial charge in [-0.1, -0.05) is 0 Å². The lowest BCUT2D eigenvalue weighted by Gasteiger charge is -2.27. The second-order valence-corrected chi connectivity index (χ2v) is 6.68. The van der Waals surface area contributed by atoms with E-state index < -0.39 is 17.7 Å². The van der Waals surface area contributed by atoms with Crippen LogP contribution in [0.5, 0.6) is 5.88 Å². The monoisotopic (exact) mass is 398 g/mol. The summed E-state index contributed by atoms with van der Waals surface area (Å²) >= 11 is 0. The van der Waals surface area contributed by atoms with E-state index in [2.05, 4.69) is 15.1 Å². The van der Waals surface area contributed by atoms with Crippen LogP contribution >= 0.6 is 0 Å². The number of hydrazone groups is 1. The Labute approximate surface area is 165 Å². The fraction of sp³-hybridized carbons (Fsp3) is 0.316. The second-order valence-electron chi connectivity index (χ2n) is 6.68. The van der Waals surface area contributed by atoms with Crippen molar-refractivity contribution >= 4 is 12.2 Å². The molecule has 1 fully saturated rings. The van der Waals surface area contributed by atoms with Crippen LogP contribution in [0.4, 0.5) is 13.6 Å². The van der Waals surface area contributed by atoms with Gasteiger partial charge < -0.3 is 9.64 Å². The van der Waals surface area contributed by atoms with Gasteiger partial charge in [-0.3, -0.25) is 0 Å². The molecule has 1 saturated heterocycles. The Morgan fingerprint density at radius 3 is 2.83 bits per heavy atom. The molecule has 148 valence electrons. The van der Waals surface area contributed by atoms with E-state index in [0.717, 1.165) is 6.07 Å². The molecule has 1 aromatic carbocycles. The highest BCUT2D eigenvalue weighted by molar-refractivity contribution is 5.78. The third-order valence-corrected chi connectivity index (χ3v) is 4.73. The van der Waals surface area contributed by atoms with Gasteiger partial charge in [-0.15, -0.1) is 0 Å². The molecule has 8 nitrogen and oxygen atoms in total. The molecule has 2 atom stereocenters. The molecular formula is C19H16F2N6O2. The third-order valence-electron chi connectivity index (χ3n) is 4.73. The summed E-state index contributed by atoms with van der Waals surface area (Å²) in [7, 11) is 0. The summed E-state index contributed by atoms with van der Waals surface area (Å²) in [6.45, 7) is 0.747. The molecule has 0 unspecified atom stereocenters. The van der Waals surface area contributed by atoms with Gasteiger partial charge in [0.25, 0.3) is 0 Å². The Hall–Kier alpha value is -3.61. The highest BCUT2D eigenvalue weighted by Gasteiger charge is 2.36. The van der Waals surface area contributed by atoms with E-state index in [0.29, 0.717) is 31.5 Å². The zero-order valence-electron chi connectivity index (χ0n) is 15.2. The van der Waals surface area contributed by atoms with Crippen LogP contribution in [-0.4, -0.2) is 51.3 Å². The smallest absolute Gasteiger partial charge is 0.341 e. The van der Waals surface area contributed by atoms with E-state index >= 15 is 0 Å². The van der Waals surface area contributed by atoms with E-state index in [9.17, 15) is 13.6 Å². The molecule has 0 bridgehead atoms. The normalized spacial score (nSPS) is 20.7. The number of nitrogens with zero attached hydrogens (tertiary/aromatic N) is 6. The maximum Gasteiger partial charge on any atom is 0.341 e. The number of hydrogen-bond acceptors (Lipinski definition) is 6. The van der Waals surface area contributed by atoms with Crippen molar-refractivity contribution in [3.63, 3.8) is 0 Å². The minimum atomic E-state index is -0.699. The molecule has 2 amide bonds. The van der Waals surface area contributed by atoms with Crippen molar-refractivity contribution in [3.05, 3.63) is 53.5 Å². The molecule has 29 heavy (non-hydrogen) atoms. The quantitative estimate of drug-likeness (QED) is 0.792. The van der Waals surface area contributed by atoms with Gasteiger partial charge >= 0.3 is 6.03 Å². The standard InChI is InChI=1S/C19H16F2N6O2/c20-13-7-12(8-14(21)9-13)16-1-5-24-27(16)19(28)26-6-3-15(11-26)29-18-2-4-23-17(10-22)25-18/h2,4-5,7-9,15-16H,1,3,6,11H2/t15-,16+/m1/s1. The summed E-state index contributed by atoms with van der Waals surface area (Å²) in [5, 5.41) is 14.2. The molecule has 2 aliphatic rings. The summed E-state index contributed by atoms with van der Waals surface area (Å²) in [5.41, 5.74) is 0.352. The van der Waals surface area contributed by atoms with Crippen molar-refractivity contribution in [2.24, 2.45) is 5.10 Å². The van der Waals surface area contributed by atoms with Crippen molar-refractivity contribution in [1.82, 2.24) is 19.9 Å². The molecule has 4 rings (SSSR count). The van der Waals surface area contributed by atoms with Gasteiger partial charge in [0.05, 0.1) is 12.6 Å². The summed E-state index contributed by atoms with van der Waals surface area (Å²) in [6, 6.07) is 5.67. The number of likely N-dealkylation sites (tertiary alicyclic amines) is 1. The molecule has 3 heterocycles. The number of nitriles is 1. The van der Waals surface area contributed by atoms with Crippen LogP contribution in [0.1, 0.15) is 30.3 Å². The van der Waals surface area contributed by atoms with Crippen molar-refractivity contribution < 1.29 is 18.3 Å². The van der Waals surface area contributed by atoms with Gasteiger partial charge in [0.2, 0.25) is 11.7 Å². The topological polar surface area (TPSA) is 94.7 Å². The van der Waals surface area contributed by atoms with Crippen LogP contribution in [0.2, 0.25) is 0 Å².